The Bertz CT molecular complexity index is 966. The second-order valence-corrected chi connectivity index (χ2v) is 5.66. The zero-order valence-corrected chi connectivity index (χ0v) is 13.7. The Kier molecular flexibility index (Phi) is 4.64. The second kappa shape index (κ2) is 6.75. The van der Waals surface area contributed by atoms with Gasteiger partial charge >= 0.3 is 6.18 Å². The number of hydrogen-bond donors (Lipinski definition) is 3. The summed E-state index contributed by atoms with van der Waals surface area (Å²) in [5.74, 6) is -0.466. The number of amides is 1. The highest BCUT2D eigenvalue weighted by molar-refractivity contribution is 5.97. The molecule has 0 fully saturated rings. The van der Waals surface area contributed by atoms with Crippen LogP contribution in [0.1, 0.15) is 21.7 Å². The number of aliphatic hydroxyl groups is 1. The molecule has 1 aromatic carbocycles. The van der Waals surface area contributed by atoms with E-state index in [4.69, 9.17) is 5.11 Å². The van der Waals surface area contributed by atoms with Crippen molar-refractivity contribution in [2.24, 2.45) is 0 Å². The minimum atomic E-state index is -4.50. The number of nitrogens with one attached hydrogen (secondary N) is 2. The normalized spacial score (nSPS) is 11.7. The number of fused-ring (bicyclic) bond motifs is 1. The van der Waals surface area contributed by atoms with Gasteiger partial charge in [-0.25, -0.2) is 4.98 Å². The van der Waals surface area contributed by atoms with Crippen molar-refractivity contribution in [3.8, 4) is 11.1 Å². The van der Waals surface area contributed by atoms with Crippen LogP contribution in [0.5, 0.6) is 0 Å². The number of halogens is 3. The van der Waals surface area contributed by atoms with Gasteiger partial charge in [0.2, 0.25) is 0 Å². The predicted molar refractivity (Wildman–Crippen MR) is 88.5 cm³/mol. The number of benzene rings is 1. The average Bonchev–Trinajstić information content (AvgIpc) is 3.06. The molecule has 9 heteroatoms. The number of aryl methyl sites for hydroxylation is 1. The Labute approximate surface area is 146 Å². The van der Waals surface area contributed by atoms with E-state index in [0.717, 1.165) is 12.1 Å². The molecule has 2 heterocycles. The molecule has 1 amide bonds. The van der Waals surface area contributed by atoms with E-state index in [1.807, 2.05) is 0 Å². The Balaban J connectivity index is 2.09. The minimum absolute atomic E-state index is 0.0879. The lowest BCUT2D eigenvalue weighted by Crippen LogP contribution is -2.27. The van der Waals surface area contributed by atoms with Crippen LogP contribution >= 0.6 is 0 Å². The SMILES string of the molecule is Cc1nc(C(=O)NCCO)ccc1-c1cc(C(F)(F)F)cc2[nH]ncc12. The summed E-state index contributed by atoms with van der Waals surface area (Å²) in [6.45, 7) is 1.50. The van der Waals surface area contributed by atoms with Crippen LogP contribution in [-0.2, 0) is 6.18 Å². The number of alkyl halides is 3. The van der Waals surface area contributed by atoms with Gasteiger partial charge in [-0.2, -0.15) is 18.3 Å². The van der Waals surface area contributed by atoms with Crippen molar-refractivity contribution in [1.29, 1.82) is 0 Å². The molecular weight excluding hydrogens is 349 g/mol. The average molecular weight is 364 g/mol. The standard InChI is InChI=1S/C17H15F3N4O2/c1-9-11(2-3-14(23-9)16(26)21-4-5-25)12-6-10(17(18,19)20)7-15-13(12)8-22-24-15/h2-3,6-8,25H,4-5H2,1H3,(H,21,26)(H,22,24). The van der Waals surface area contributed by atoms with Gasteiger partial charge in [0.05, 0.1) is 23.9 Å². The number of H-pyrrole nitrogens is 1. The van der Waals surface area contributed by atoms with E-state index < -0.39 is 17.6 Å². The molecule has 0 aliphatic carbocycles. The number of carbonyl (C=O) groups is 1. The quantitative estimate of drug-likeness (QED) is 0.664. The van der Waals surface area contributed by atoms with Crippen LogP contribution in [0.15, 0.2) is 30.5 Å². The third kappa shape index (κ3) is 3.38. The van der Waals surface area contributed by atoms with Crippen molar-refractivity contribution >= 4 is 16.8 Å². The number of aromatic amines is 1. The van der Waals surface area contributed by atoms with Crippen molar-refractivity contribution in [2.45, 2.75) is 13.1 Å². The van der Waals surface area contributed by atoms with Crippen molar-refractivity contribution < 1.29 is 23.1 Å². The van der Waals surface area contributed by atoms with Gasteiger partial charge in [0.25, 0.3) is 5.91 Å². The molecule has 3 aromatic rings. The molecule has 26 heavy (non-hydrogen) atoms. The number of aliphatic hydroxyl groups excluding tert-OH is 1. The van der Waals surface area contributed by atoms with Gasteiger partial charge in [-0.05, 0) is 30.7 Å². The molecule has 0 bridgehead atoms. The van der Waals surface area contributed by atoms with E-state index in [2.05, 4.69) is 20.5 Å². The summed E-state index contributed by atoms with van der Waals surface area (Å²) >= 11 is 0. The fourth-order valence-corrected chi connectivity index (χ4v) is 2.67. The lowest BCUT2D eigenvalue weighted by molar-refractivity contribution is -0.137. The third-order valence-corrected chi connectivity index (χ3v) is 3.89. The van der Waals surface area contributed by atoms with Gasteiger partial charge in [-0.1, -0.05) is 6.07 Å². The maximum absolute atomic E-state index is 13.2. The minimum Gasteiger partial charge on any atom is -0.395 e. The Morgan fingerprint density at radius 2 is 2.04 bits per heavy atom. The fraction of sp³-hybridized carbons (Fsp3) is 0.235. The van der Waals surface area contributed by atoms with Crippen LogP contribution in [0.2, 0.25) is 0 Å². The van der Waals surface area contributed by atoms with Crippen LogP contribution in [0.3, 0.4) is 0 Å². The zero-order chi connectivity index (χ0) is 18.9. The highest BCUT2D eigenvalue weighted by Gasteiger charge is 2.32. The first-order valence-electron chi connectivity index (χ1n) is 7.72. The topological polar surface area (TPSA) is 90.9 Å². The number of pyridine rings is 1. The summed E-state index contributed by atoms with van der Waals surface area (Å²) in [6.07, 6.45) is -3.05. The number of carbonyl (C=O) groups excluding carboxylic acids is 1. The molecule has 2 aromatic heterocycles. The lowest BCUT2D eigenvalue weighted by atomic mass is 9.97. The van der Waals surface area contributed by atoms with E-state index in [9.17, 15) is 18.0 Å². The molecule has 0 aliphatic heterocycles. The molecule has 0 saturated carbocycles. The third-order valence-electron chi connectivity index (χ3n) is 3.89. The van der Waals surface area contributed by atoms with Crippen LogP contribution in [0, 0.1) is 6.92 Å². The summed E-state index contributed by atoms with van der Waals surface area (Å²) < 4.78 is 39.6. The van der Waals surface area contributed by atoms with Crippen molar-refractivity contribution in [3.05, 3.63) is 47.4 Å². The monoisotopic (exact) mass is 364 g/mol. The summed E-state index contributed by atoms with van der Waals surface area (Å²) in [5, 5.41) is 18.1. The number of aromatic nitrogens is 3. The van der Waals surface area contributed by atoms with E-state index in [1.54, 1.807) is 13.0 Å². The Hall–Kier alpha value is -2.94. The molecule has 0 aliphatic rings. The molecule has 0 atom stereocenters. The molecule has 3 rings (SSSR count). The maximum atomic E-state index is 13.2. The van der Waals surface area contributed by atoms with Gasteiger partial charge in [0.15, 0.2) is 0 Å². The summed E-state index contributed by atoms with van der Waals surface area (Å²) in [4.78, 5) is 16.1. The van der Waals surface area contributed by atoms with Crippen LogP contribution in [0.4, 0.5) is 13.2 Å². The predicted octanol–water partition coefficient (Wildman–Crippen LogP) is 2.67. The molecule has 0 radical (unpaired) electrons. The Morgan fingerprint density at radius 1 is 1.27 bits per heavy atom. The first-order valence-corrected chi connectivity index (χ1v) is 7.72. The molecule has 0 unspecified atom stereocenters. The summed E-state index contributed by atoms with van der Waals surface area (Å²) in [7, 11) is 0. The van der Waals surface area contributed by atoms with E-state index in [1.165, 1.54) is 12.3 Å². The lowest BCUT2D eigenvalue weighted by Gasteiger charge is -2.13. The largest absolute Gasteiger partial charge is 0.416 e. The van der Waals surface area contributed by atoms with Crippen LogP contribution < -0.4 is 5.32 Å². The highest BCUT2D eigenvalue weighted by atomic mass is 19.4. The van der Waals surface area contributed by atoms with Crippen molar-refractivity contribution in [1.82, 2.24) is 20.5 Å². The van der Waals surface area contributed by atoms with Crippen LogP contribution in [-0.4, -0.2) is 39.3 Å². The fourth-order valence-electron chi connectivity index (χ4n) is 2.67. The van der Waals surface area contributed by atoms with Gasteiger partial charge in [-0.15, -0.1) is 0 Å². The maximum Gasteiger partial charge on any atom is 0.416 e. The van der Waals surface area contributed by atoms with E-state index >= 15 is 0 Å². The summed E-state index contributed by atoms with van der Waals surface area (Å²) in [6, 6.07) is 5.04. The van der Waals surface area contributed by atoms with Crippen molar-refractivity contribution in [3.63, 3.8) is 0 Å². The van der Waals surface area contributed by atoms with E-state index in [0.29, 0.717) is 22.2 Å². The number of hydrogen-bond acceptors (Lipinski definition) is 4. The molecule has 3 N–H and O–H groups in total. The molecular formula is C17H15F3N4O2. The van der Waals surface area contributed by atoms with Gasteiger partial charge in [0.1, 0.15) is 5.69 Å². The summed E-state index contributed by atoms with van der Waals surface area (Å²) in [5.41, 5.74) is 0.795. The van der Waals surface area contributed by atoms with Gasteiger partial charge < -0.3 is 10.4 Å². The van der Waals surface area contributed by atoms with E-state index in [-0.39, 0.29) is 24.4 Å². The highest BCUT2D eigenvalue weighted by Crippen LogP contribution is 2.37. The van der Waals surface area contributed by atoms with Crippen molar-refractivity contribution in [2.75, 3.05) is 13.2 Å². The van der Waals surface area contributed by atoms with Gasteiger partial charge in [-0.3, -0.25) is 9.89 Å². The molecule has 6 nitrogen and oxygen atoms in total. The first kappa shape index (κ1) is 17.9. The molecule has 0 spiro atoms. The molecule has 136 valence electrons. The number of rotatable bonds is 4. The smallest absolute Gasteiger partial charge is 0.395 e. The van der Waals surface area contributed by atoms with Gasteiger partial charge in [0, 0.05) is 23.2 Å². The second-order valence-electron chi connectivity index (χ2n) is 5.66. The zero-order valence-electron chi connectivity index (χ0n) is 13.7. The first-order chi connectivity index (χ1) is 12.3. The molecule has 0 saturated heterocycles. The number of nitrogens with zero attached hydrogens (tertiary/aromatic N) is 2. The Morgan fingerprint density at radius 3 is 2.69 bits per heavy atom. The van der Waals surface area contributed by atoms with Crippen LogP contribution in [0.25, 0.3) is 22.0 Å².